The second-order valence-electron chi connectivity index (χ2n) is 7.23. The average Bonchev–Trinajstić information content (AvgIpc) is 2.78. The van der Waals surface area contributed by atoms with Gasteiger partial charge in [-0.3, -0.25) is 9.59 Å². The molecule has 1 saturated heterocycles. The molecule has 0 atom stereocenters. The van der Waals surface area contributed by atoms with Crippen molar-refractivity contribution in [2.45, 2.75) is 19.8 Å². The summed E-state index contributed by atoms with van der Waals surface area (Å²) in [5.74, 6) is 0.370. The molecular formula is C23H25ClN2O5. The molecule has 31 heavy (non-hydrogen) atoms. The van der Waals surface area contributed by atoms with Crippen LogP contribution in [0.25, 0.3) is 0 Å². The minimum Gasteiger partial charge on any atom is -0.434 e. The zero-order valence-corrected chi connectivity index (χ0v) is 18.1. The third-order valence-electron chi connectivity index (χ3n) is 5.14. The highest BCUT2D eigenvalue weighted by molar-refractivity contribution is 6.33. The number of likely N-dealkylation sites (tertiary alicyclic amines) is 1. The van der Waals surface area contributed by atoms with Crippen molar-refractivity contribution in [3.05, 3.63) is 64.7 Å². The highest BCUT2D eigenvalue weighted by Gasteiger charge is 2.24. The molecule has 3 rings (SSSR count). The SMILES string of the molecule is CCOC(=O)Oc1ccc(C(=O)N2CCC(CNC(=O)c3ccccc3Cl)CC2)cc1. The van der Waals surface area contributed by atoms with Crippen molar-refractivity contribution in [2.24, 2.45) is 5.92 Å². The predicted octanol–water partition coefficient (Wildman–Crippen LogP) is 4.16. The third kappa shape index (κ3) is 6.21. The Morgan fingerprint density at radius 2 is 1.74 bits per heavy atom. The fraction of sp³-hybridized carbons (Fsp3) is 0.348. The van der Waals surface area contributed by atoms with Gasteiger partial charge < -0.3 is 19.7 Å². The first-order valence-corrected chi connectivity index (χ1v) is 10.6. The van der Waals surface area contributed by atoms with Gasteiger partial charge >= 0.3 is 6.16 Å². The lowest BCUT2D eigenvalue weighted by molar-refractivity contribution is 0.0684. The molecule has 0 aromatic heterocycles. The standard InChI is InChI=1S/C23H25ClN2O5/c1-2-30-23(29)31-18-9-7-17(8-10-18)22(28)26-13-11-16(12-14-26)15-25-21(27)19-5-3-4-6-20(19)24/h3-10,16H,2,11-15H2,1H3,(H,25,27). The van der Waals surface area contributed by atoms with Gasteiger partial charge in [0.1, 0.15) is 5.75 Å². The van der Waals surface area contributed by atoms with Gasteiger partial charge in [-0.25, -0.2) is 4.79 Å². The summed E-state index contributed by atoms with van der Waals surface area (Å²) in [7, 11) is 0. The summed E-state index contributed by atoms with van der Waals surface area (Å²) in [5, 5.41) is 3.37. The molecule has 2 amide bonds. The minimum absolute atomic E-state index is 0.0683. The lowest BCUT2D eigenvalue weighted by Crippen LogP contribution is -2.41. The molecule has 1 fully saturated rings. The van der Waals surface area contributed by atoms with Crippen LogP contribution in [0.5, 0.6) is 5.75 Å². The maximum absolute atomic E-state index is 12.7. The molecule has 0 radical (unpaired) electrons. The number of piperidine rings is 1. The molecule has 0 spiro atoms. The molecule has 0 aliphatic carbocycles. The summed E-state index contributed by atoms with van der Waals surface area (Å²) in [5.41, 5.74) is 0.994. The molecular weight excluding hydrogens is 420 g/mol. The van der Waals surface area contributed by atoms with Crippen molar-refractivity contribution < 1.29 is 23.9 Å². The van der Waals surface area contributed by atoms with Crippen molar-refractivity contribution >= 4 is 29.6 Å². The molecule has 1 aliphatic heterocycles. The summed E-state index contributed by atoms with van der Waals surface area (Å²) in [6, 6.07) is 13.4. The van der Waals surface area contributed by atoms with Crippen LogP contribution in [0.2, 0.25) is 5.02 Å². The quantitative estimate of drug-likeness (QED) is 0.534. The Labute approximate surface area is 186 Å². The molecule has 1 N–H and O–H groups in total. The van der Waals surface area contributed by atoms with E-state index in [9.17, 15) is 14.4 Å². The number of hydrogen-bond donors (Lipinski definition) is 1. The summed E-state index contributed by atoms with van der Waals surface area (Å²) in [6.45, 7) is 3.71. The second-order valence-corrected chi connectivity index (χ2v) is 7.64. The number of benzene rings is 2. The first-order chi connectivity index (χ1) is 15.0. The number of carbonyl (C=O) groups excluding carboxylic acids is 3. The second kappa shape index (κ2) is 10.8. The summed E-state index contributed by atoms with van der Waals surface area (Å²) < 4.78 is 9.73. The monoisotopic (exact) mass is 444 g/mol. The molecule has 8 heteroatoms. The van der Waals surface area contributed by atoms with Crippen LogP contribution in [-0.4, -0.2) is 49.1 Å². The van der Waals surface area contributed by atoms with E-state index in [1.54, 1.807) is 60.4 Å². The van der Waals surface area contributed by atoms with E-state index < -0.39 is 6.16 Å². The van der Waals surface area contributed by atoms with Gasteiger partial charge in [0.25, 0.3) is 11.8 Å². The number of carbonyl (C=O) groups is 3. The fourth-order valence-electron chi connectivity index (χ4n) is 3.41. The van der Waals surface area contributed by atoms with E-state index in [-0.39, 0.29) is 18.4 Å². The van der Waals surface area contributed by atoms with Gasteiger partial charge in [-0.1, -0.05) is 23.7 Å². The number of rotatable bonds is 6. The Morgan fingerprint density at radius 3 is 2.39 bits per heavy atom. The third-order valence-corrected chi connectivity index (χ3v) is 5.47. The summed E-state index contributed by atoms with van der Waals surface area (Å²) in [6.07, 6.45) is 0.835. The molecule has 1 heterocycles. The lowest BCUT2D eigenvalue weighted by Gasteiger charge is -2.32. The topological polar surface area (TPSA) is 84.9 Å². The molecule has 0 saturated carbocycles. The summed E-state index contributed by atoms with van der Waals surface area (Å²) >= 11 is 6.07. The van der Waals surface area contributed by atoms with Gasteiger partial charge in [0.2, 0.25) is 0 Å². The molecule has 0 bridgehead atoms. The van der Waals surface area contributed by atoms with Crippen molar-refractivity contribution in [1.82, 2.24) is 10.2 Å². The number of nitrogens with one attached hydrogen (secondary N) is 1. The zero-order chi connectivity index (χ0) is 22.2. The maximum atomic E-state index is 12.7. The number of ether oxygens (including phenoxy) is 2. The van der Waals surface area contributed by atoms with Crippen molar-refractivity contribution in [1.29, 1.82) is 0 Å². The van der Waals surface area contributed by atoms with Crippen molar-refractivity contribution in [3.8, 4) is 5.75 Å². The minimum atomic E-state index is -0.773. The molecule has 1 aliphatic rings. The van der Waals surface area contributed by atoms with Gasteiger partial charge in [-0.05, 0) is 62.1 Å². The molecule has 164 valence electrons. The highest BCUT2D eigenvalue weighted by atomic mass is 35.5. The Kier molecular flexibility index (Phi) is 7.89. The van der Waals surface area contributed by atoms with Crippen LogP contribution >= 0.6 is 11.6 Å². The molecule has 0 unspecified atom stereocenters. The number of hydrogen-bond acceptors (Lipinski definition) is 5. The van der Waals surface area contributed by atoms with Gasteiger partial charge in [-0.15, -0.1) is 0 Å². The van der Waals surface area contributed by atoms with Gasteiger partial charge in [-0.2, -0.15) is 0 Å². The van der Waals surface area contributed by atoms with E-state index >= 15 is 0 Å². The van der Waals surface area contributed by atoms with Gasteiger partial charge in [0.15, 0.2) is 0 Å². The Balaban J connectivity index is 1.46. The van der Waals surface area contributed by atoms with Crippen LogP contribution in [0.3, 0.4) is 0 Å². The van der Waals surface area contributed by atoms with E-state index in [1.807, 2.05) is 0 Å². The van der Waals surface area contributed by atoms with E-state index in [0.29, 0.717) is 47.5 Å². The van der Waals surface area contributed by atoms with E-state index in [1.165, 1.54) is 0 Å². The maximum Gasteiger partial charge on any atom is 0.513 e. The normalized spacial score (nSPS) is 14.1. The summed E-state index contributed by atoms with van der Waals surface area (Å²) in [4.78, 5) is 38.2. The van der Waals surface area contributed by atoms with Crippen LogP contribution in [0.4, 0.5) is 4.79 Å². The fourth-order valence-corrected chi connectivity index (χ4v) is 3.63. The Bertz CT molecular complexity index is 924. The van der Waals surface area contributed by atoms with Crippen LogP contribution in [0.1, 0.15) is 40.5 Å². The van der Waals surface area contributed by atoms with E-state index in [2.05, 4.69) is 5.32 Å². The van der Waals surface area contributed by atoms with Crippen LogP contribution in [-0.2, 0) is 4.74 Å². The Morgan fingerprint density at radius 1 is 1.06 bits per heavy atom. The van der Waals surface area contributed by atoms with Gasteiger partial charge in [0.05, 0.1) is 17.2 Å². The highest BCUT2D eigenvalue weighted by Crippen LogP contribution is 2.21. The van der Waals surface area contributed by atoms with E-state index in [0.717, 1.165) is 12.8 Å². The average molecular weight is 445 g/mol. The number of amides is 2. The van der Waals surface area contributed by atoms with Gasteiger partial charge in [0, 0.05) is 25.2 Å². The van der Waals surface area contributed by atoms with Crippen LogP contribution in [0, 0.1) is 5.92 Å². The molecule has 2 aromatic carbocycles. The lowest BCUT2D eigenvalue weighted by atomic mass is 9.96. The largest absolute Gasteiger partial charge is 0.513 e. The number of nitrogens with zero attached hydrogens (tertiary/aromatic N) is 1. The zero-order valence-electron chi connectivity index (χ0n) is 17.3. The van der Waals surface area contributed by atoms with Crippen LogP contribution in [0.15, 0.2) is 48.5 Å². The van der Waals surface area contributed by atoms with Crippen molar-refractivity contribution in [2.75, 3.05) is 26.2 Å². The van der Waals surface area contributed by atoms with E-state index in [4.69, 9.17) is 21.1 Å². The smallest absolute Gasteiger partial charge is 0.434 e. The molecule has 2 aromatic rings. The molecule has 7 nitrogen and oxygen atoms in total. The Hall–Kier alpha value is -3.06. The predicted molar refractivity (Wildman–Crippen MR) is 117 cm³/mol. The van der Waals surface area contributed by atoms with Crippen LogP contribution < -0.4 is 10.1 Å². The number of halogens is 1. The first-order valence-electron chi connectivity index (χ1n) is 10.2. The van der Waals surface area contributed by atoms with Crippen molar-refractivity contribution in [3.63, 3.8) is 0 Å². The first kappa shape index (κ1) is 22.6.